The highest BCUT2D eigenvalue weighted by atomic mass is 19.3. The Morgan fingerprint density at radius 3 is 2.71 bits per heavy atom. The second kappa shape index (κ2) is 10.8. The van der Waals surface area contributed by atoms with Gasteiger partial charge in [0.05, 0.1) is 12.6 Å². The number of amides is 1. The molecule has 3 aliphatic rings. The summed E-state index contributed by atoms with van der Waals surface area (Å²) in [5.41, 5.74) is 10.5. The maximum absolute atomic E-state index is 14.4. The standard InChI is InChI=1S/C28H36F2N6O2/c1-17-10-19-11-22(20(13-31)14-32-3)23(27(29)30)12-26(19)35(15-17)28-24-16-34(18(2)37)7-4-25(24)36(33-28)21-5-8-38-9-6-21/h11-14,17,21,27H,4-10,15-16,31H2,1-3H3/t17-/m1/s1. The number of halogens is 2. The zero-order chi connectivity index (χ0) is 27.0. The lowest BCUT2D eigenvalue weighted by Gasteiger charge is -2.36. The molecule has 0 radical (unpaired) electrons. The number of ether oxygens (including phenoxy) is 1. The number of aromatic nitrogens is 2. The smallest absolute Gasteiger partial charge is 0.264 e. The lowest BCUT2D eigenvalue weighted by Crippen LogP contribution is -2.36. The van der Waals surface area contributed by atoms with Gasteiger partial charge in [0.25, 0.3) is 6.43 Å². The molecule has 0 spiro atoms. The fraction of sp³-hybridized carbons (Fsp3) is 0.536. The number of hydrogen-bond donors (Lipinski definition) is 1. The van der Waals surface area contributed by atoms with Gasteiger partial charge in [0.2, 0.25) is 5.91 Å². The van der Waals surface area contributed by atoms with Gasteiger partial charge in [-0.25, -0.2) is 8.78 Å². The van der Waals surface area contributed by atoms with E-state index in [-0.39, 0.29) is 23.4 Å². The molecular weight excluding hydrogens is 490 g/mol. The molecule has 1 amide bonds. The lowest BCUT2D eigenvalue weighted by atomic mass is 9.88. The number of hydrogen-bond acceptors (Lipinski definition) is 6. The van der Waals surface area contributed by atoms with Gasteiger partial charge in [-0.1, -0.05) is 6.92 Å². The van der Waals surface area contributed by atoms with E-state index in [1.165, 1.54) is 12.4 Å². The van der Waals surface area contributed by atoms with Crippen molar-refractivity contribution in [2.45, 2.75) is 58.5 Å². The Balaban J connectivity index is 1.66. The summed E-state index contributed by atoms with van der Waals surface area (Å²) in [6, 6.07) is 3.66. The molecule has 1 fully saturated rings. The van der Waals surface area contributed by atoms with Crippen molar-refractivity contribution in [3.05, 3.63) is 46.3 Å². The van der Waals surface area contributed by atoms with Crippen LogP contribution in [0.4, 0.5) is 20.3 Å². The number of rotatable bonds is 5. The van der Waals surface area contributed by atoms with E-state index in [4.69, 9.17) is 15.6 Å². The Labute approximate surface area is 222 Å². The van der Waals surface area contributed by atoms with E-state index in [9.17, 15) is 13.6 Å². The number of alkyl halides is 2. The molecule has 0 unspecified atom stereocenters. The van der Waals surface area contributed by atoms with Crippen LogP contribution >= 0.6 is 0 Å². The number of anilines is 2. The monoisotopic (exact) mass is 526 g/mol. The number of allylic oxidation sites excluding steroid dienone is 1. The maximum atomic E-state index is 14.4. The van der Waals surface area contributed by atoms with Crippen molar-refractivity contribution in [2.75, 3.05) is 38.3 Å². The maximum Gasteiger partial charge on any atom is 0.264 e. The first kappa shape index (κ1) is 26.3. The van der Waals surface area contributed by atoms with Crippen molar-refractivity contribution >= 4 is 29.2 Å². The highest BCUT2D eigenvalue weighted by Crippen LogP contribution is 2.43. The average Bonchev–Trinajstić information content (AvgIpc) is 3.29. The van der Waals surface area contributed by atoms with Crippen LogP contribution in [0.1, 0.15) is 67.1 Å². The molecule has 1 saturated heterocycles. The first-order chi connectivity index (χ1) is 18.3. The molecule has 0 bridgehead atoms. The molecule has 0 saturated carbocycles. The van der Waals surface area contributed by atoms with Crippen LogP contribution in [0.3, 0.4) is 0 Å². The Morgan fingerprint density at radius 1 is 1.29 bits per heavy atom. The van der Waals surface area contributed by atoms with E-state index in [2.05, 4.69) is 21.5 Å². The van der Waals surface area contributed by atoms with Gasteiger partial charge < -0.3 is 20.3 Å². The second-order valence-corrected chi connectivity index (χ2v) is 10.5. The molecule has 5 rings (SSSR count). The first-order valence-corrected chi connectivity index (χ1v) is 13.3. The number of nitrogens with two attached hydrogens (primary N) is 1. The van der Waals surface area contributed by atoms with Gasteiger partial charge in [-0.2, -0.15) is 5.10 Å². The van der Waals surface area contributed by atoms with Crippen LogP contribution in [0, 0.1) is 5.92 Å². The second-order valence-electron chi connectivity index (χ2n) is 10.5. The third kappa shape index (κ3) is 4.81. The third-order valence-electron chi connectivity index (χ3n) is 7.90. The van der Waals surface area contributed by atoms with Gasteiger partial charge in [0, 0.05) is 87.2 Å². The molecule has 10 heteroatoms. The molecular formula is C28H36F2N6O2. The van der Waals surface area contributed by atoms with Crippen molar-refractivity contribution in [1.82, 2.24) is 14.7 Å². The van der Waals surface area contributed by atoms with E-state index in [0.29, 0.717) is 44.0 Å². The first-order valence-electron chi connectivity index (χ1n) is 13.3. The van der Waals surface area contributed by atoms with Gasteiger partial charge >= 0.3 is 0 Å². The number of fused-ring (bicyclic) bond motifs is 2. The van der Waals surface area contributed by atoms with Crippen molar-refractivity contribution < 1.29 is 18.3 Å². The fourth-order valence-corrected chi connectivity index (χ4v) is 6.03. The molecule has 38 heavy (non-hydrogen) atoms. The minimum atomic E-state index is -2.68. The van der Waals surface area contributed by atoms with Crippen LogP contribution in [0.2, 0.25) is 0 Å². The van der Waals surface area contributed by atoms with E-state index < -0.39 is 6.43 Å². The topological polar surface area (TPSA) is 89.0 Å². The number of carbonyl (C=O) groups is 1. The van der Waals surface area contributed by atoms with Crippen molar-refractivity contribution in [3.8, 4) is 0 Å². The van der Waals surface area contributed by atoms with Crippen LogP contribution in [0.5, 0.6) is 0 Å². The predicted molar refractivity (Wildman–Crippen MR) is 144 cm³/mol. The minimum Gasteiger partial charge on any atom is -0.404 e. The predicted octanol–water partition coefficient (Wildman–Crippen LogP) is 4.41. The molecule has 3 aliphatic heterocycles. The minimum absolute atomic E-state index is 0.0242. The summed E-state index contributed by atoms with van der Waals surface area (Å²) in [5.74, 6) is 1.06. The van der Waals surface area contributed by atoms with E-state index in [1.807, 2.05) is 11.0 Å². The number of carbonyl (C=O) groups excluding carboxylic acids is 1. The molecule has 1 aromatic carbocycles. The highest BCUT2D eigenvalue weighted by molar-refractivity contribution is 6.10. The normalized spacial score (nSPS) is 20.8. The van der Waals surface area contributed by atoms with Crippen LogP contribution in [-0.2, 0) is 28.9 Å². The van der Waals surface area contributed by atoms with Gasteiger partial charge in [-0.15, -0.1) is 0 Å². The Bertz CT molecular complexity index is 1260. The largest absolute Gasteiger partial charge is 0.404 e. The molecule has 1 aromatic heterocycles. The summed E-state index contributed by atoms with van der Waals surface area (Å²) in [6.07, 6.45) is 3.39. The van der Waals surface area contributed by atoms with Gasteiger partial charge in [-0.05, 0) is 48.4 Å². The Kier molecular flexibility index (Phi) is 7.52. The molecule has 0 aliphatic carbocycles. The van der Waals surface area contributed by atoms with E-state index in [1.54, 1.807) is 20.0 Å². The van der Waals surface area contributed by atoms with Crippen LogP contribution in [0.25, 0.3) is 5.57 Å². The zero-order valence-electron chi connectivity index (χ0n) is 22.3. The summed E-state index contributed by atoms with van der Waals surface area (Å²) >= 11 is 0. The summed E-state index contributed by atoms with van der Waals surface area (Å²) in [4.78, 5) is 20.3. The van der Waals surface area contributed by atoms with Gasteiger partial charge in [0.15, 0.2) is 5.82 Å². The Morgan fingerprint density at radius 2 is 2.05 bits per heavy atom. The summed E-state index contributed by atoms with van der Waals surface area (Å²) in [5, 5.41) is 5.15. The highest BCUT2D eigenvalue weighted by Gasteiger charge is 2.35. The number of benzene rings is 1. The molecule has 1 atom stereocenters. The zero-order valence-corrected chi connectivity index (χ0v) is 22.3. The number of aliphatic imine (C=N–C) groups is 1. The van der Waals surface area contributed by atoms with Crippen LogP contribution in [0.15, 0.2) is 23.3 Å². The number of nitrogens with zero attached hydrogens (tertiary/aromatic N) is 5. The van der Waals surface area contributed by atoms with Crippen molar-refractivity contribution in [3.63, 3.8) is 0 Å². The SMILES string of the molecule is CN=CC(=CN)c1cc2c(cc1C(F)F)N(c1nn(C3CCOCC3)c3c1CN(C(C)=O)CC3)C[C@H](C)C2. The van der Waals surface area contributed by atoms with Crippen molar-refractivity contribution in [2.24, 2.45) is 16.6 Å². The van der Waals surface area contributed by atoms with E-state index >= 15 is 0 Å². The molecule has 2 aromatic rings. The molecule has 2 N–H and O–H groups in total. The quantitative estimate of drug-likeness (QED) is 0.583. The fourth-order valence-electron chi connectivity index (χ4n) is 6.03. The van der Waals surface area contributed by atoms with Crippen LogP contribution < -0.4 is 10.6 Å². The Hall–Kier alpha value is -3.27. The third-order valence-corrected chi connectivity index (χ3v) is 7.90. The molecule has 204 valence electrons. The lowest BCUT2D eigenvalue weighted by molar-refractivity contribution is -0.129. The average molecular weight is 527 g/mol. The van der Waals surface area contributed by atoms with E-state index in [0.717, 1.165) is 54.0 Å². The van der Waals surface area contributed by atoms with Crippen LogP contribution in [-0.4, -0.2) is 60.2 Å². The molecule has 8 nitrogen and oxygen atoms in total. The molecule has 4 heterocycles. The summed E-state index contributed by atoms with van der Waals surface area (Å²) in [7, 11) is 1.59. The summed E-state index contributed by atoms with van der Waals surface area (Å²) in [6.45, 7) is 6.90. The van der Waals surface area contributed by atoms with Gasteiger partial charge in [0.1, 0.15) is 0 Å². The van der Waals surface area contributed by atoms with Gasteiger partial charge in [-0.3, -0.25) is 14.5 Å². The van der Waals surface area contributed by atoms with Crippen molar-refractivity contribution in [1.29, 1.82) is 0 Å². The summed E-state index contributed by atoms with van der Waals surface area (Å²) < 4.78 is 36.5.